The van der Waals surface area contributed by atoms with Crippen LogP contribution in [0, 0.1) is 11.3 Å². The summed E-state index contributed by atoms with van der Waals surface area (Å²) in [6.07, 6.45) is 9.81. The Bertz CT molecular complexity index is 445. The maximum Gasteiger partial charge on any atom is -0.00378 e. The Labute approximate surface area is 91.0 Å². The van der Waals surface area contributed by atoms with Gasteiger partial charge in [0.25, 0.3) is 0 Å². The molecule has 0 radical (unpaired) electrons. The van der Waals surface area contributed by atoms with E-state index < -0.39 is 0 Å². The molecule has 76 valence electrons. The average Bonchev–Trinajstić information content (AvgIpc) is 2.80. The van der Waals surface area contributed by atoms with Gasteiger partial charge in [-0.15, -0.1) is 0 Å². The molecule has 2 fully saturated rings. The van der Waals surface area contributed by atoms with E-state index in [1.54, 1.807) is 11.1 Å². The quantitative estimate of drug-likeness (QED) is 0.633. The SMILES string of the molecule is C1=C(C23CCC(CC2)C3)c2ccccc21. The maximum absolute atomic E-state index is 2.45. The van der Waals surface area contributed by atoms with Gasteiger partial charge < -0.3 is 0 Å². The van der Waals surface area contributed by atoms with E-state index in [0.717, 1.165) is 5.92 Å². The van der Waals surface area contributed by atoms with Crippen molar-refractivity contribution in [2.24, 2.45) is 11.3 Å². The Morgan fingerprint density at radius 2 is 1.87 bits per heavy atom. The number of fused-ring (bicyclic) bond motifs is 3. The van der Waals surface area contributed by atoms with Gasteiger partial charge in [0, 0.05) is 0 Å². The molecule has 0 N–H and O–H groups in total. The highest BCUT2D eigenvalue weighted by molar-refractivity contribution is 5.98. The van der Waals surface area contributed by atoms with Crippen LogP contribution in [0.1, 0.15) is 43.2 Å². The lowest BCUT2D eigenvalue weighted by Gasteiger charge is -2.35. The van der Waals surface area contributed by atoms with Gasteiger partial charge in [0.15, 0.2) is 0 Å². The maximum atomic E-state index is 2.45. The van der Waals surface area contributed by atoms with Crippen molar-refractivity contribution in [1.82, 2.24) is 0 Å². The lowest BCUT2D eigenvalue weighted by Crippen LogP contribution is -2.20. The number of benzene rings is 1. The molecule has 0 spiro atoms. The van der Waals surface area contributed by atoms with Crippen molar-refractivity contribution in [3.8, 4) is 0 Å². The second kappa shape index (κ2) is 2.55. The molecule has 0 saturated heterocycles. The summed E-state index contributed by atoms with van der Waals surface area (Å²) in [5, 5.41) is 0. The standard InChI is InChI=1S/C15H16/c1-2-4-13-12(3-1)9-14(13)15-7-5-11(10-15)6-8-15/h1-4,9,11H,5-8,10H2. The molecule has 0 atom stereocenters. The first-order valence-electron chi connectivity index (χ1n) is 6.19. The zero-order chi connectivity index (χ0) is 9.88. The minimum Gasteiger partial charge on any atom is -0.0616 e. The largest absolute Gasteiger partial charge is 0.0616 e. The zero-order valence-electron chi connectivity index (χ0n) is 9.00. The van der Waals surface area contributed by atoms with Crippen LogP contribution in [0.5, 0.6) is 0 Å². The second-order valence-corrected chi connectivity index (χ2v) is 5.57. The second-order valence-electron chi connectivity index (χ2n) is 5.57. The first kappa shape index (κ1) is 8.15. The number of rotatable bonds is 1. The Morgan fingerprint density at radius 1 is 1.07 bits per heavy atom. The summed E-state index contributed by atoms with van der Waals surface area (Å²) < 4.78 is 0. The minimum atomic E-state index is 0.610. The Balaban J connectivity index is 1.77. The molecular weight excluding hydrogens is 180 g/mol. The van der Waals surface area contributed by atoms with Crippen LogP contribution < -0.4 is 0 Å². The summed E-state index contributed by atoms with van der Waals surface area (Å²) in [6, 6.07) is 8.89. The Hall–Kier alpha value is -1.04. The fourth-order valence-electron chi connectivity index (χ4n) is 4.03. The van der Waals surface area contributed by atoms with E-state index in [4.69, 9.17) is 0 Å². The van der Waals surface area contributed by atoms with E-state index in [2.05, 4.69) is 30.3 Å². The van der Waals surface area contributed by atoms with Crippen LogP contribution in [-0.4, -0.2) is 0 Å². The van der Waals surface area contributed by atoms with Gasteiger partial charge in [-0.1, -0.05) is 24.3 Å². The van der Waals surface area contributed by atoms with Gasteiger partial charge >= 0.3 is 0 Å². The summed E-state index contributed by atoms with van der Waals surface area (Å²) in [6.45, 7) is 0. The molecule has 15 heavy (non-hydrogen) atoms. The molecule has 4 rings (SSSR count). The van der Waals surface area contributed by atoms with Gasteiger partial charge in [0.05, 0.1) is 0 Å². The molecule has 1 aromatic carbocycles. The molecule has 0 aliphatic heterocycles. The summed E-state index contributed by atoms with van der Waals surface area (Å²) in [4.78, 5) is 0. The molecular formula is C15H16. The van der Waals surface area contributed by atoms with E-state index in [1.165, 1.54) is 37.7 Å². The third-order valence-electron chi connectivity index (χ3n) is 4.86. The van der Waals surface area contributed by atoms with Crippen molar-refractivity contribution in [3.05, 3.63) is 35.4 Å². The van der Waals surface area contributed by atoms with Crippen molar-refractivity contribution in [1.29, 1.82) is 0 Å². The van der Waals surface area contributed by atoms with Gasteiger partial charge in [0.2, 0.25) is 0 Å². The number of hydrogen-bond donors (Lipinski definition) is 0. The van der Waals surface area contributed by atoms with E-state index in [-0.39, 0.29) is 0 Å². The van der Waals surface area contributed by atoms with E-state index >= 15 is 0 Å². The molecule has 1 aromatic rings. The highest BCUT2D eigenvalue weighted by Gasteiger charge is 2.48. The van der Waals surface area contributed by atoms with Crippen LogP contribution in [0.2, 0.25) is 0 Å². The average molecular weight is 196 g/mol. The minimum absolute atomic E-state index is 0.610. The van der Waals surface area contributed by atoms with Crippen molar-refractivity contribution in [2.75, 3.05) is 0 Å². The molecule has 0 aromatic heterocycles. The van der Waals surface area contributed by atoms with Crippen LogP contribution in [-0.2, 0) is 0 Å². The van der Waals surface area contributed by atoms with Gasteiger partial charge in [-0.2, -0.15) is 0 Å². The third kappa shape index (κ3) is 0.928. The monoisotopic (exact) mass is 196 g/mol. The smallest absolute Gasteiger partial charge is 0.00378 e. The fraction of sp³-hybridized carbons (Fsp3) is 0.467. The number of hydrogen-bond acceptors (Lipinski definition) is 0. The van der Waals surface area contributed by atoms with Crippen molar-refractivity contribution in [2.45, 2.75) is 32.1 Å². The zero-order valence-corrected chi connectivity index (χ0v) is 9.00. The third-order valence-corrected chi connectivity index (χ3v) is 4.86. The molecule has 0 heterocycles. The normalized spacial score (nSPS) is 36.0. The first-order chi connectivity index (χ1) is 7.37. The van der Waals surface area contributed by atoms with E-state index in [1.807, 2.05) is 0 Å². The Kier molecular flexibility index (Phi) is 1.39. The molecule has 3 aliphatic carbocycles. The van der Waals surface area contributed by atoms with Crippen LogP contribution >= 0.6 is 0 Å². The summed E-state index contributed by atoms with van der Waals surface area (Å²) in [7, 11) is 0. The summed E-state index contributed by atoms with van der Waals surface area (Å²) >= 11 is 0. The van der Waals surface area contributed by atoms with Gasteiger partial charge in [-0.25, -0.2) is 0 Å². The van der Waals surface area contributed by atoms with Gasteiger partial charge in [0.1, 0.15) is 0 Å². The molecule has 0 amide bonds. The molecule has 2 saturated carbocycles. The number of allylic oxidation sites excluding steroid dienone is 1. The van der Waals surface area contributed by atoms with E-state index in [9.17, 15) is 0 Å². The predicted octanol–water partition coefficient (Wildman–Crippen LogP) is 4.12. The molecule has 2 bridgehead atoms. The lowest BCUT2D eigenvalue weighted by molar-refractivity contribution is 0.399. The highest BCUT2D eigenvalue weighted by Crippen LogP contribution is 2.63. The van der Waals surface area contributed by atoms with E-state index in [0.29, 0.717) is 5.41 Å². The molecule has 3 aliphatic rings. The molecule has 0 nitrogen and oxygen atoms in total. The fourth-order valence-corrected chi connectivity index (χ4v) is 4.03. The molecule has 0 heteroatoms. The van der Waals surface area contributed by atoms with Crippen LogP contribution in [0.3, 0.4) is 0 Å². The van der Waals surface area contributed by atoms with Crippen molar-refractivity contribution < 1.29 is 0 Å². The van der Waals surface area contributed by atoms with Crippen molar-refractivity contribution >= 4 is 11.6 Å². The van der Waals surface area contributed by atoms with Gasteiger partial charge in [-0.05, 0) is 66.2 Å². The van der Waals surface area contributed by atoms with Crippen molar-refractivity contribution in [3.63, 3.8) is 0 Å². The first-order valence-corrected chi connectivity index (χ1v) is 6.19. The molecule has 0 unspecified atom stereocenters. The predicted molar refractivity (Wildman–Crippen MR) is 63.3 cm³/mol. The summed E-state index contributed by atoms with van der Waals surface area (Å²) in [5.74, 6) is 1.05. The Morgan fingerprint density at radius 3 is 2.53 bits per heavy atom. The topological polar surface area (TPSA) is 0 Å². The highest BCUT2D eigenvalue weighted by atomic mass is 14.5. The van der Waals surface area contributed by atoms with Crippen LogP contribution in [0.15, 0.2) is 24.3 Å². The summed E-state index contributed by atoms with van der Waals surface area (Å²) in [5.41, 5.74) is 5.33. The van der Waals surface area contributed by atoms with Crippen LogP contribution in [0.25, 0.3) is 11.6 Å². The van der Waals surface area contributed by atoms with Gasteiger partial charge in [-0.3, -0.25) is 0 Å². The van der Waals surface area contributed by atoms with Crippen LogP contribution in [0.4, 0.5) is 0 Å². The lowest BCUT2D eigenvalue weighted by atomic mass is 9.68.